The van der Waals surface area contributed by atoms with Crippen LogP contribution < -0.4 is 20.3 Å². The minimum absolute atomic E-state index is 0.141. The molecule has 2 N–H and O–H groups in total. The molecule has 0 aliphatic rings. The highest BCUT2D eigenvalue weighted by atomic mass is 32.1. The standard InChI is InChI=1S/C22H27N3O3S2/c1-14(2)11-23-22(29)25(13-17-6-5-7-30-17)12-16-8-15-9-19(27-3)20(28-4)10-18(15)24-21(16)26/h5-10,14H,11-13H2,1-4H3,(H,23,29)(H,24,26). The summed E-state index contributed by atoms with van der Waals surface area (Å²) in [5, 5.41) is 6.88. The number of aromatic amines is 1. The molecule has 0 saturated heterocycles. The molecule has 0 atom stereocenters. The molecule has 0 radical (unpaired) electrons. The molecular formula is C22H27N3O3S2. The molecule has 2 heterocycles. The lowest BCUT2D eigenvalue weighted by atomic mass is 10.1. The summed E-state index contributed by atoms with van der Waals surface area (Å²) in [5.74, 6) is 1.66. The maximum Gasteiger partial charge on any atom is 0.253 e. The van der Waals surface area contributed by atoms with Crippen molar-refractivity contribution in [2.24, 2.45) is 5.92 Å². The van der Waals surface area contributed by atoms with Crippen LogP contribution in [-0.2, 0) is 13.1 Å². The van der Waals surface area contributed by atoms with Gasteiger partial charge in [-0.05, 0) is 41.7 Å². The van der Waals surface area contributed by atoms with Crippen molar-refractivity contribution in [1.29, 1.82) is 0 Å². The molecule has 0 fully saturated rings. The summed E-state index contributed by atoms with van der Waals surface area (Å²) >= 11 is 7.32. The maximum atomic E-state index is 12.8. The van der Waals surface area contributed by atoms with Gasteiger partial charge >= 0.3 is 0 Å². The summed E-state index contributed by atoms with van der Waals surface area (Å²) < 4.78 is 10.7. The van der Waals surface area contributed by atoms with Crippen molar-refractivity contribution >= 4 is 39.6 Å². The third kappa shape index (κ3) is 5.31. The molecule has 0 spiro atoms. The summed E-state index contributed by atoms with van der Waals surface area (Å²) in [6.07, 6.45) is 0. The fourth-order valence-electron chi connectivity index (χ4n) is 3.09. The second kappa shape index (κ2) is 9.95. The van der Waals surface area contributed by atoms with Crippen molar-refractivity contribution in [3.63, 3.8) is 0 Å². The molecule has 30 heavy (non-hydrogen) atoms. The lowest BCUT2D eigenvalue weighted by molar-refractivity contribution is 0.355. The molecule has 0 unspecified atom stereocenters. The second-order valence-corrected chi connectivity index (χ2v) is 8.85. The van der Waals surface area contributed by atoms with Crippen LogP contribution >= 0.6 is 23.6 Å². The average Bonchev–Trinajstić information content (AvgIpc) is 3.24. The van der Waals surface area contributed by atoms with E-state index < -0.39 is 0 Å². The van der Waals surface area contributed by atoms with Crippen LogP contribution in [-0.4, -0.2) is 35.8 Å². The molecule has 1 aromatic carbocycles. The summed E-state index contributed by atoms with van der Waals surface area (Å²) in [4.78, 5) is 19.0. The number of fused-ring (bicyclic) bond motifs is 1. The Morgan fingerprint density at radius 1 is 1.20 bits per heavy atom. The van der Waals surface area contributed by atoms with Crippen LogP contribution in [0.1, 0.15) is 24.3 Å². The van der Waals surface area contributed by atoms with Crippen molar-refractivity contribution in [3.05, 3.63) is 56.5 Å². The molecule has 6 nitrogen and oxygen atoms in total. The maximum absolute atomic E-state index is 12.8. The summed E-state index contributed by atoms with van der Waals surface area (Å²) in [6.45, 7) is 6.10. The lowest BCUT2D eigenvalue weighted by Crippen LogP contribution is -2.41. The number of nitrogens with zero attached hydrogens (tertiary/aromatic N) is 1. The van der Waals surface area contributed by atoms with Crippen LogP contribution in [0, 0.1) is 5.92 Å². The molecule has 2 aromatic heterocycles. The SMILES string of the molecule is COc1cc2cc(CN(Cc3cccs3)C(=S)NCC(C)C)c(=O)[nH]c2cc1OC. The largest absolute Gasteiger partial charge is 0.493 e. The Bertz CT molecular complexity index is 1060. The van der Waals surface area contributed by atoms with E-state index in [2.05, 4.69) is 30.2 Å². The molecule has 0 saturated carbocycles. The smallest absolute Gasteiger partial charge is 0.253 e. The number of nitrogens with one attached hydrogen (secondary N) is 2. The molecule has 0 bridgehead atoms. The Kier molecular flexibility index (Phi) is 7.33. The number of hydrogen-bond acceptors (Lipinski definition) is 5. The van der Waals surface area contributed by atoms with Gasteiger partial charge in [-0.2, -0.15) is 0 Å². The highest BCUT2D eigenvalue weighted by Crippen LogP contribution is 2.31. The molecule has 0 aliphatic heterocycles. The van der Waals surface area contributed by atoms with E-state index in [4.69, 9.17) is 21.7 Å². The van der Waals surface area contributed by atoms with E-state index in [-0.39, 0.29) is 5.56 Å². The van der Waals surface area contributed by atoms with Gasteiger partial charge in [0.2, 0.25) is 0 Å². The van der Waals surface area contributed by atoms with Crippen molar-refractivity contribution in [3.8, 4) is 11.5 Å². The Morgan fingerprint density at radius 2 is 1.93 bits per heavy atom. The molecule has 8 heteroatoms. The quantitative estimate of drug-likeness (QED) is 0.508. The number of methoxy groups -OCH3 is 2. The van der Waals surface area contributed by atoms with Gasteiger partial charge in [0.25, 0.3) is 5.56 Å². The van der Waals surface area contributed by atoms with E-state index in [0.717, 1.165) is 11.9 Å². The molecule has 3 rings (SSSR count). The number of H-pyrrole nitrogens is 1. The Balaban J connectivity index is 1.92. The van der Waals surface area contributed by atoms with Crippen LogP contribution in [0.5, 0.6) is 11.5 Å². The highest BCUT2D eigenvalue weighted by Gasteiger charge is 2.16. The summed E-state index contributed by atoms with van der Waals surface area (Å²) in [5.41, 5.74) is 1.20. The molecule has 0 aliphatic carbocycles. The first-order valence-electron chi connectivity index (χ1n) is 9.74. The van der Waals surface area contributed by atoms with Gasteiger partial charge in [0.15, 0.2) is 16.6 Å². The first kappa shape index (κ1) is 22.1. The van der Waals surface area contributed by atoms with E-state index in [1.165, 1.54) is 4.88 Å². The third-order valence-corrected chi connectivity index (χ3v) is 5.93. The molecular weight excluding hydrogens is 418 g/mol. The normalized spacial score (nSPS) is 11.0. The number of rotatable bonds is 8. The number of ether oxygens (including phenoxy) is 2. The lowest BCUT2D eigenvalue weighted by Gasteiger charge is -2.26. The second-order valence-electron chi connectivity index (χ2n) is 7.43. The van der Waals surface area contributed by atoms with Crippen molar-refractivity contribution < 1.29 is 9.47 Å². The van der Waals surface area contributed by atoms with Gasteiger partial charge in [0.05, 0.1) is 32.8 Å². The van der Waals surface area contributed by atoms with Crippen molar-refractivity contribution in [2.75, 3.05) is 20.8 Å². The topological polar surface area (TPSA) is 66.6 Å². The van der Waals surface area contributed by atoms with E-state index in [1.54, 1.807) is 31.6 Å². The van der Waals surface area contributed by atoms with Gasteiger partial charge in [-0.3, -0.25) is 4.79 Å². The number of hydrogen-bond donors (Lipinski definition) is 2. The van der Waals surface area contributed by atoms with Crippen LogP contribution in [0.4, 0.5) is 0 Å². The van der Waals surface area contributed by atoms with Crippen molar-refractivity contribution in [1.82, 2.24) is 15.2 Å². The fraction of sp³-hybridized carbons (Fsp3) is 0.364. The van der Waals surface area contributed by atoms with Gasteiger partial charge in [-0.1, -0.05) is 19.9 Å². The number of aromatic nitrogens is 1. The summed E-state index contributed by atoms with van der Waals surface area (Å²) in [7, 11) is 3.17. The molecule has 160 valence electrons. The van der Waals surface area contributed by atoms with Gasteiger partial charge in [0.1, 0.15) is 0 Å². The van der Waals surface area contributed by atoms with Crippen LogP contribution in [0.2, 0.25) is 0 Å². The fourth-order valence-corrected chi connectivity index (χ4v) is 4.03. The molecule has 0 amide bonds. The van der Waals surface area contributed by atoms with Gasteiger partial charge < -0.3 is 24.7 Å². The number of pyridine rings is 1. The Hall–Kier alpha value is -2.58. The summed E-state index contributed by atoms with van der Waals surface area (Å²) in [6, 6.07) is 9.63. The predicted molar refractivity (Wildman–Crippen MR) is 127 cm³/mol. The molecule has 3 aromatic rings. The minimum Gasteiger partial charge on any atom is -0.493 e. The number of thiocarbonyl (C=S) groups is 1. The van der Waals surface area contributed by atoms with Gasteiger partial charge in [0, 0.05) is 28.4 Å². The van der Waals surface area contributed by atoms with E-state index in [9.17, 15) is 4.79 Å². The van der Waals surface area contributed by atoms with Crippen LogP contribution in [0.25, 0.3) is 10.9 Å². The van der Waals surface area contributed by atoms with Crippen LogP contribution in [0.3, 0.4) is 0 Å². The zero-order chi connectivity index (χ0) is 21.7. The first-order chi connectivity index (χ1) is 14.4. The minimum atomic E-state index is -0.141. The van der Waals surface area contributed by atoms with Gasteiger partial charge in [-0.25, -0.2) is 0 Å². The zero-order valence-electron chi connectivity index (χ0n) is 17.7. The van der Waals surface area contributed by atoms with Gasteiger partial charge in [-0.15, -0.1) is 11.3 Å². The Labute approximate surface area is 185 Å². The number of benzene rings is 1. The van der Waals surface area contributed by atoms with Crippen LogP contribution in [0.15, 0.2) is 40.5 Å². The Morgan fingerprint density at radius 3 is 2.57 bits per heavy atom. The van der Waals surface area contributed by atoms with E-state index in [0.29, 0.717) is 46.7 Å². The first-order valence-corrected chi connectivity index (χ1v) is 11.0. The van der Waals surface area contributed by atoms with Crippen molar-refractivity contribution in [2.45, 2.75) is 26.9 Å². The monoisotopic (exact) mass is 445 g/mol. The van der Waals surface area contributed by atoms with E-state index >= 15 is 0 Å². The zero-order valence-corrected chi connectivity index (χ0v) is 19.3. The highest BCUT2D eigenvalue weighted by molar-refractivity contribution is 7.80. The van der Waals surface area contributed by atoms with E-state index in [1.807, 2.05) is 28.5 Å². The number of thiophene rings is 1. The average molecular weight is 446 g/mol. The predicted octanol–water partition coefficient (Wildman–Crippen LogP) is 4.14. The third-order valence-electron chi connectivity index (χ3n) is 4.66.